The molecule has 0 fully saturated rings. The summed E-state index contributed by atoms with van der Waals surface area (Å²) in [7, 11) is 1.85. The fourth-order valence-corrected chi connectivity index (χ4v) is 2.48. The standard InChI is InChI=1S/C16H17ClN6/c1-4-7-18-16-21-14(12-9-19-23(3)15(12)22-16)20-13-6-5-11(17)8-10(13)2/h4-6,8-9H,1,7H2,2-3H3,(H2,18,20,21,22). The minimum atomic E-state index is 0.523. The Morgan fingerprint density at radius 3 is 2.91 bits per heavy atom. The molecule has 0 saturated carbocycles. The molecule has 0 atom stereocenters. The van der Waals surface area contributed by atoms with Gasteiger partial charge in [0, 0.05) is 24.3 Å². The summed E-state index contributed by atoms with van der Waals surface area (Å²) in [6, 6.07) is 5.68. The molecule has 6 nitrogen and oxygen atoms in total. The minimum Gasteiger partial charge on any atom is -0.351 e. The number of benzene rings is 1. The number of hydrogen-bond acceptors (Lipinski definition) is 5. The van der Waals surface area contributed by atoms with E-state index in [-0.39, 0.29) is 0 Å². The van der Waals surface area contributed by atoms with Crippen LogP contribution in [0.2, 0.25) is 5.02 Å². The van der Waals surface area contributed by atoms with Crippen LogP contribution in [0, 0.1) is 6.92 Å². The van der Waals surface area contributed by atoms with Crippen molar-refractivity contribution in [2.75, 3.05) is 17.2 Å². The van der Waals surface area contributed by atoms with Gasteiger partial charge in [0.25, 0.3) is 0 Å². The summed E-state index contributed by atoms with van der Waals surface area (Å²) >= 11 is 6.01. The zero-order valence-corrected chi connectivity index (χ0v) is 13.7. The highest BCUT2D eigenvalue weighted by molar-refractivity contribution is 6.30. The van der Waals surface area contributed by atoms with E-state index >= 15 is 0 Å². The van der Waals surface area contributed by atoms with Gasteiger partial charge in [-0.25, -0.2) is 0 Å². The molecule has 2 aromatic heterocycles. The third-order valence-corrected chi connectivity index (χ3v) is 3.67. The lowest BCUT2D eigenvalue weighted by Gasteiger charge is -2.11. The number of rotatable bonds is 5. The molecule has 3 rings (SSSR count). The van der Waals surface area contributed by atoms with Gasteiger partial charge in [-0.2, -0.15) is 15.1 Å². The quantitative estimate of drug-likeness (QED) is 0.699. The Morgan fingerprint density at radius 2 is 2.17 bits per heavy atom. The van der Waals surface area contributed by atoms with Gasteiger partial charge in [0.1, 0.15) is 5.82 Å². The maximum Gasteiger partial charge on any atom is 0.226 e. The normalized spacial score (nSPS) is 10.7. The second kappa shape index (κ2) is 6.26. The molecule has 1 aromatic carbocycles. The van der Waals surface area contributed by atoms with Gasteiger partial charge in [-0.15, -0.1) is 6.58 Å². The average Bonchev–Trinajstić information content (AvgIpc) is 2.90. The minimum absolute atomic E-state index is 0.523. The molecule has 0 amide bonds. The van der Waals surface area contributed by atoms with Crippen molar-refractivity contribution in [2.45, 2.75) is 6.92 Å². The molecular weight excluding hydrogens is 312 g/mol. The predicted molar refractivity (Wildman–Crippen MR) is 94.5 cm³/mol. The van der Waals surface area contributed by atoms with E-state index in [1.54, 1.807) is 17.0 Å². The lowest BCUT2D eigenvalue weighted by molar-refractivity contribution is 0.785. The average molecular weight is 329 g/mol. The molecule has 7 heteroatoms. The van der Waals surface area contributed by atoms with Crippen LogP contribution in [0.15, 0.2) is 37.1 Å². The number of hydrogen-bond donors (Lipinski definition) is 2. The summed E-state index contributed by atoms with van der Waals surface area (Å²) in [6.45, 7) is 6.27. The van der Waals surface area contributed by atoms with Gasteiger partial charge < -0.3 is 10.6 Å². The van der Waals surface area contributed by atoms with E-state index < -0.39 is 0 Å². The van der Waals surface area contributed by atoms with E-state index in [1.165, 1.54) is 0 Å². The van der Waals surface area contributed by atoms with Gasteiger partial charge in [-0.05, 0) is 30.7 Å². The maximum absolute atomic E-state index is 6.01. The topological polar surface area (TPSA) is 67.7 Å². The van der Waals surface area contributed by atoms with Crippen LogP contribution in [0.5, 0.6) is 0 Å². The molecular formula is C16H17ClN6. The number of aromatic nitrogens is 4. The predicted octanol–water partition coefficient (Wildman–Crippen LogP) is 3.67. The number of nitrogens with one attached hydrogen (secondary N) is 2. The molecule has 23 heavy (non-hydrogen) atoms. The van der Waals surface area contributed by atoms with Gasteiger partial charge in [-0.1, -0.05) is 17.7 Å². The lowest BCUT2D eigenvalue weighted by atomic mass is 10.2. The van der Waals surface area contributed by atoms with Crippen molar-refractivity contribution in [3.05, 3.63) is 47.6 Å². The van der Waals surface area contributed by atoms with Crippen LogP contribution in [-0.2, 0) is 7.05 Å². The summed E-state index contributed by atoms with van der Waals surface area (Å²) in [5.74, 6) is 1.22. The summed E-state index contributed by atoms with van der Waals surface area (Å²) in [4.78, 5) is 9.02. The first-order chi connectivity index (χ1) is 11.1. The summed E-state index contributed by atoms with van der Waals surface area (Å²) in [6.07, 6.45) is 3.51. The molecule has 2 heterocycles. The van der Waals surface area contributed by atoms with E-state index in [1.807, 2.05) is 32.2 Å². The van der Waals surface area contributed by atoms with E-state index in [0.29, 0.717) is 23.3 Å². The number of nitrogens with zero attached hydrogens (tertiary/aromatic N) is 4. The monoisotopic (exact) mass is 328 g/mol. The fraction of sp³-hybridized carbons (Fsp3) is 0.188. The van der Waals surface area contributed by atoms with Crippen LogP contribution in [0.1, 0.15) is 5.56 Å². The third kappa shape index (κ3) is 3.12. The van der Waals surface area contributed by atoms with Crippen molar-refractivity contribution in [3.8, 4) is 0 Å². The first kappa shape index (κ1) is 15.3. The fourth-order valence-electron chi connectivity index (χ4n) is 2.25. The largest absolute Gasteiger partial charge is 0.351 e. The molecule has 0 radical (unpaired) electrons. The Labute approximate surface area is 139 Å². The van der Waals surface area contributed by atoms with E-state index in [2.05, 4.69) is 32.3 Å². The smallest absolute Gasteiger partial charge is 0.226 e. The Kier molecular flexibility index (Phi) is 4.16. The van der Waals surface area contributed by atoms with Crippen LogP contribution in [0.25, 0.3) is 11.0 Å². The molecule has 0 unspecified atom stereocenters. The Balaban J connectivity index is 2.05. The second-order valence-electron chi connectivity index (χ2n) is 5.16. The van der Waals surface area contributed by atoms with E-state index in [4.69, 9.17) is 11.6 Å². The van der Waals surface area contributed by atoms with Crippen molar-refractivity contribution in [2.24, 2.45) is 7.05 Å². The second-order valence-corrected chi connectivity index (χ2v) is 5.59. The first-order valence-corrected chi connectivity index (χ1v) is 7.54. The molecule has 0 aliphatic heterocycles. The van der Waals surface area contributed by atoms with Gasteiger partial charge in [0.15, 0.2) is 5.65 Å². The first-order valence-electron chi connectivity index (χ1n) is 7.16. The number of anilines is 3. The van der Waals surface area contributed by atoms with Crippen LogP contribution < -0.4 is 10.6 Å². The Hall–Kier alpha value is -2.60. The van der Waals surface area contributed by atoms with Crippen molar-refractivity contribution in [1.29, 1.82) is 0 Å². The van der Waals surface area contributed by atoms with E-state index in [9.17, 15) is 0 Å². The lowest BCUT2D eigenvalue weighted by Crippen LogP contribution is -2.06. The van der Waals surface area contributed by atoms with Crippen LogP contribution in [0.4, 0.5) is 17.5 Å². The molecule has 0 spiro atoms. The number of aryl methyl sites for hydroxylation is 2. The molecule has 0 aliphatic rings. The van der Waals surface area contributed by atoms with Gasteiger partial charge in [-0.3, -0.25) is 4.68 Å². The summed E-state index contributed by atoms with van der Waals surface area (Å²) < 4.78 is 1.72. The van der Waals surface area contributed by atoms with Crippen LogP contribution in [0.3, 0.4) is 0 Å². The SMILES string of the molecule is C=CCNc1nc(Nc2ccc(Cl)cc2C)c2cnn(C)c2n1. The summed E-state index contributed by atoms with van der Waals surface area (Å²) in [5, 5.41) is 12.3. The highest BCUT2D eigenvalue weighted by Crippen LogP contribution is 2.27. The molecule has 118 valence electrons. The van der Waals surface area contributed by atoms with Crippen LogP contribution in [-0.4, -0.2) is 26.3 Å². The molecule has 3 aromatic rings. The van der Waals surface area contributed by atoms with E-state index in [0.717, 1.165) is 22.3 Å². The van der Waals surface area contributed by atoms with Gasteiger partial charge in [0.05, 0.1) is 11.6 Å². The number of halogens is 1. The summed E-state index contributed by atoms with van der Waals surface area (Å²) in [5.41, 5.74) is 2.72. The third-order valence-electron chi connectivity index (χ3n) is 3.44. The van der Waals surface area contributed by atoms with Crippen molar-refractivity contribution >= 4 is 40.1 Å². The van der Waals surface area contributed by atoms with Gasteiger partial charge >= 0.3 is 0 Å². The van der Waals surface area contributed by atoms with Crippen molar-refractivity contribution in [1.82, 2.24) is 19.7 Å². The van der Waals surface area contributed by atoms with Crippen LogP contribution >= 0.6 is 11.6 Å². The molecule has 0 aliphatic carbocycles. The number of fused-ring (bicyclic) bond motifs is 1. The Morgan fingerprint density at radius 1 is 1.35 bits per heavy atom. The highest BCUT2D eigenvalue weighted by Gasteiger charge is 2.12. The van der Waals surface area contributed by atoms with Crippen molar-refractivity contribution < 1.29 is 0 Å². The van der Waals surface area contributed by atoms with Crippen molar-refractivity contribution in [3.63, 3.8) is 0 Å². The zero-order chi connectivity index (χ0) is 16.4. The highest BCUT2D eigenvalue weighted by atomic mass is 35.5. The maximum atomic E-state index is 6.01. The van der Waals surface area contributed by atoms with Gasteiger partial charge in [0.2, 0.25) is 5.95 Å². The molecule has 0 bridgehead atoms. The molecule has 0 saturated heterocycles. The molecule has 2 N–H and O–H groups in total. The zero-order valence-electron chi connectivity index (χ0n) is 13.0. The Bertz CT molecular complexity index is 870.